The molecule has 2 aliphatic rings. The van der Waals surface area contributed by atoms with Gasteiger partial charge in [0.2, 0.25) is 0 Å². The maximum atomic E-state index is 12.8. The van der Waals surface area contributed by atoms with Gasteiger partial charge in [-0.1, -0.05) is 17.7 Å². The molecule has 28 heavy (non-hydrogen) atoms. The molecule has 0 N–H and O–H groups in total. The summed E-state index contributed by atoms with van der Waals surface area (Å²) in [5.74, 6) is -0.0220. The molecule has 1 atom stereocenters. The van der Waals surface area contributed by atoms with Crippen LogP contribution in [0.3, 0.4) is 0 Å². The van der Waals surface area contributed by atoms with E-state index in [2.05, 4.69) is 0 Å². The standard InChI is InChI=1S/C21H29ClN2O4/c1-20(2,3)27-18(25)23-10-9-13-7-8-15(22)17-16(13)14(11-23)12-24(17)19(26)28-21(4,5)6/h7-8,14H,9-12H2,1-6H3/t14-/m0/s1. The maximum Gasteiger partial charge on any atom is 0.414 e. The smallest absolute Gasteiger partial charge is 0.414 e. The van der Waals surface area contributed by atoms with Gasteiger partial charge in [-0.3, -0.25) is 4.90 Å². The van der Waals surface area contributed by atoms with E-state index in [0.717, 1.165) is 11.1 Å². The normalized spacial score (nSPS) is 19.2. The van der Waals surface area contributed by atoms with E-state index in [-0.39, 0.29) is 12.0 Å². The van der Waals surface area contributed by atoms with E-state index in [1.165, 1.54) is 0 Å². The first-order valence-electron chi connectivity index (χ1n) is 9.65. The molecule has 3 rings (SSSR count). The molecule has 154 valence electrons. The van der Waals surface area contributed by atoms with Crippen LogP contribution in [0.5, 0.6) is 0 Å². The Morgan fingerprint density at radius 2 is 1.61 bits per heavy atom. The van der Waals surface area contributed by atoms with E-state index in [9.17, 15) is 9.59 Å². The molecule has 0 saturated carbocycles. The first-order chi connectivity index (χ1) is 12.9. The zero-order valence-electron chi connectivity index (χ0n) is 17.5. The Kier molecular flexibility index (Phi) is 5.30. The van der Waals surface area contributed by atoms with Gasteiger partial charge in [0.15, 0.2) is 0 Å². The Labute approximate surface area is 171 Å². The molecular formula is C21H29ClN2O4. The Morgan fingerprint density at radius 3 is 2.21 bits per heavy atom. The fourth-order valence-corrected chi connectivity index (χ4v) is 3.98. The average molecular weight is 409 g/mol. The summed E-state index contributed by atoms with van der Waals surface area (Å²) >= 11 is 6.48. The number of ether oxygens (including phenoxy) is 2. The zero-order valence-corrected chi connectivity index (χ0v) is 18.2. The Balaban J connectivity index is 1.91. The summed E-state index contributed by atoms with van der Waals surface area (Å²) < 4.78 is 11.1. The van der Waals surface area contributed by atoms with Gasteiger partial charge in [-0.15, -0.1) is 0 Å². The minimum Gasteiger partial charge on any atom is -0.444 e. The average Bonchev–Trinajstić information content (AvgIpc) is 2.80. The van der Waals surface area contributed by atoms with Crippen LogP contribution in [0.1, 0.15) is 58.6 Å². The van der Waals surface area contributed by atoms with Crippen molar-refractivity contribution >= 4 is 29.5 Å². The molecule has 0 radical (unpaired) electrons. The van der Waals surface area contributed by atoms with Crippen LogP contribution in [0.4, 0.5) is 15.3 Å². The predicted molar refractivity (Wildman–Crippen MR) is 109 cm³/mol. The van der Waals surface area contributed by atoms with E-state index in [4.69, 9.17) is 21.1 Å². The minimum absolute atomic E-state index is 0.0220. The third kappa shape index (κ3) is 4.37. The van der Waals surface area contributed by atoms with Crippen molar-refractivity contribution in [2.24, 2.45) is 0 Å². The number of carbonyl (C=O) groups is 2. The molecule has 6 nitrogen and oxygen atoms in total. The van der Waals surface area contributed by atoms with Gasteiger partial charge in [-0.05, 0) is 65.2 Å². The fourth-order valence-electron chi connectivity index (χ4n) is 3.71. The van der Waals surface area contributed by atoms with Crippen LogP contribution in [0.2, 0.25) is 5.02 Å². The Morgan fingerprint density at radius 1 is 1.00 bits per heavy atom. The quantitative estimate of drug-likeness (QED) is 0.608. The molecule has 1 aromatic rings. The third-order valence-electron chi connectivity index (χ3n) is 4.70. The number of rotatable bonds is 0. The van der Waals surface area contributed by atoms with Crippen LogP contribution < -0.4 is 4.90 Å². The molecule has 0 spiro atoms. The molecule has 0 bridgehead atoms. The van der Waals surface area contributed by atoms with E-state index < -0.39 is 17.3 Å². The van der Waals surface area contributed by atoms with Gasteiger partial charge in [0.25, 0.3) is 0 Å². The minimum atomic E-state index is -0.598. The summed E-state index contributed by atoms with van der Waals surface area (Å²) in [4.78, 5) is 28.8. The predicted octanol–water partition coefficient (Wildman–Crippen LogP) is 4.97. The molecule has 2 amide bonds. The van der Waals surface area contributed by atoms with Crippen LogP contribution >= 0.6 is 11.6 Å². The molecule has 0 unspecified atom stereocenters. The van der Waals surface area contributed by atoms with Gasteiger partial charge in [0, 0.05) is 25.6 Å². The lowest BCUT2D eigenvalue weighted by Crippen LogP contribution is -2.41. The number of hydrogen-bond donors (Lipinski definition) is 0. The lowest BCUT2D eigenvalue weighted by atomic mass is 9.95. The van der Waals surface area contributed by atoms with E-state index in [1.54, 1.807) is 9.80 Å². The van der Waals surface area contributed by atoms with E-state index >= 15 is 0 Å². The summed E-state index contributed by atoms with van der Waals surface area (Å²) in [6, 6.07) is 3.81. The van der Waals surface area contributed by atoms with Gasteiger partial charge >= 0.3 is 12.2 Å². The highest BCUT2D eigenvalue weighted by Crippen LogP contribution is 2.45. The zero-order chi connectivity index (χ0) is 20.9. The molecule has 1 aromatic carbocycles. The first-order valence-corrected chi connectivity index (χ1v) is 10.0. The largest absolute Gasteiger partial charge is 0.444 e. The second kappa shape index (κ2) is 7.14. The third-order valence-corrected chi connectivity index (χ3v) is 5.00. The van der Waals surface area contributed by atoms with Crippen molar-refractivity contribution < 1.29 is 19.1 Å². The number of benzene rings is 1. The summed E-state index contributed by atoms with van der Waals surface area (Å²) in [5, 5.41) is 0.526. The molecule has 7 heteroatoms. The molecule has 0 saturated heterocycles. The highest BCUT2D eigenvalue weighted by atomic mass is 35.5. The Bertz CT molecular complexity index is 795. The van der Waals surface area contributed by atoms with E-state index in [0.29, 0.717) is 36.8 Å². The lowest BCUT2D eigenvalue weighted by molar-refractivity contribution is 0.0248. The molecule has 0 aromatic heterocycles. The van der Waals surface area contributed by atoms with Gasteiger partial charge < -0.3 is 14.4 Å². The van der Waals surface area contributed by atoms with Gasteiger partial charge in [0.05, 0.1) is 10.7 Å². The maximum absolute atomic E-state index is 12.8. The highest BCUT2D eigenvalue weighted by Gasteiger charge is 2.41. The van der Waals surface area contributed by atoms with Gasteiger partial charge in [0.1, 0.15) is 11.2 Å². The number of nitrogens with zero attached hydrogens (tertiary/aromatic N) is 2. The van der Waals surface area contributed by atoms with Crippen molar-refractivity contribution in [3.63, 3.8) is 0 Å². The SMILES string of the molecule is CC(C)(C)OC(=O)N1CCc2ccc(Cl)c3c2[C@@H](C1)CN3C(=O)OC(C)(C)C. The van der Waals surface area contributed by atoms with Crippen LogP contribution in [0.15, 0.2) is 12.1 Å². The van der Waals surface area contributed by atoms with Gasteiger partial charge in [-0.25, -0.2) is 9.59 Å². The van der Waals surface area contributed by atoms with Crippen molar-refractivity contribution in [1.29, 1.82) is 0 Å². The fraction of sp³-hybridized carbons (Fsp3) is 0.619. The van der Waals surface area contributed by atoms with E-state index in [1.807, 2.05) is 53.7 Å². The van der Waals surface area contributed by atoms with Crippen molar-refractivity contribution in [3.8, 4) is 0 Å². The van der Waals surface area contributed by atoms with Crippen molar-refractivity contribution in [2.45, 2.75) is 65.1 Å². The number of hydrogen-bond acceptors (Lipinski definition) is 4. The summed E-state index contributed by atoms with van der Waals surface area (Å²) in [6.45, 7) is 12.6. The van der Waals surface area contributed by atoms with Crippen molar-refractivity contribution in [1.82, 2.24) is 4.90 Å². The van der Waals surface area contributed by atoms with Crippen LogP contribution in [0, 0.1) is 0 Å². The number of halogens is 1. The van der Waals surface area contributed by atoms with Crippen LogP contribution in [-0.4, -0.2) is 47.9 Å². The van der Waals surface area contributed by atoms with Crippen LogP contribution in [-0.2, 0) is 15.9 Å². The first kappa shape index (κ1) is 20.8. The second-order valence-corrected chi connectivity index (χ2v) is 9.84. The number of carbonyl (C=O) groups excluding carboxylic acids is 2. The molecule has 0 aliphatic carbocycles. The second-order valence-electron chi connectivity index (χ2n) is 9.43. The Hall–Kier alpha value is -1.95. The molecular weight excluding hydrogens is 380 g/mol. The molecule has 0 fully saturated rings. The monoisotopic (exact) mass is 408 g/mol. The number of anilines is 1. The molecule has 2 aliphatic heterocycles. The number of amides is 2. The summed E-state index contributed by atoms with van der Waals surface area (Å²) in [5.41, 5.74) is 1.72. The topological polar surface area (TPSA) is 59.1 Å². The lowest BCUT2D eigenvalue weighted by Gasteiger charge is -2.28. The summed E-state index contributed by atoms with van der Waals surface area (Å²) in [7, 11) is 0. The highest BCUT2D eigenvalue weighted by molar-refractivity contribution is 6.34. The van der Waals surface area contributed by atoms with Gasteiger partial charge in [-0.2, -0.15) is 0 Å². The molecule has 2 heterocycles. The summed E-state index contributed by atoms with van der Waals surface area (Å²) in [6.07, 6.45) is -0.0550. The van der Waals surface area contributed by atoms with Crippen LogP contribution in [0.25, 0.3) is 0 Å². The van der Waals surface area contributed by atoms with Crippen molar-refractivity contribution in [2.75, 3.05) is 24.5 Å². The van der Waals surface area contributed by atoms with Crippen molar-refractivity contribution in [3.05, 3.63) is 28.3 Å².